The Labute approximate surface area is 189 Å². The Morgan fingerprint density at radius 1 is 1.03 bits per heavy atom. The van der Waals surface area contributed by atoms with Gasteiger partial charge in [-0.25, -0.2) is 0 Å². The highest BCUT2D eigenvalue weighted by atomic mass is 35.5. The number of hydrogen-bond donors (Lipinski definition) is 2. The molecule has 0 unspecified atom stereocenters. The van der Waals surface area contributed by atoms with Gasteiger partial charge in [0, 0.05) is 24.3 Å². The zero-order valence-corrected chi connectivity index (χ0v) is 18.1. The molecule has 1 aromatic heterocycles. The van der Waals surface area contributed by atoms with Gasteiger partial charge >= 0.3 is 6.18 Å². The standard InChI is InChI=1S/C24H23ClF3N3O/c1-29-23(32)22(17-6-3-2-4-7-17)31-20(18-8-5-9-19(25)14-18)12-10-16-11-13-21(30-15-16)24(26,27)28/h2-9,11,13-15,20,22,31H,10,12H2,1H3,(H,29,32)/t20-,22+/m1/s1. The molecule has 0 fully saturated rings. The van der Waals surface area contributed by atoms with Crippen LogP contribution in [0.5, 0.6) is 0 Å². The first-order valence-corrected chi connectivity index (χ1v) is 10.5. The zero-order chi connectivity index (χ0) is 23.1. The topological polar surface area (TPSA) is 54.0 Å². The average molecular weight is 462 g/mol. The van der Waals surface area contributed by atoms with E-state index in [1.54, 1.807) is 13.1 Å². The van der Waals surface area contributed by atoms with Crippen LogP contribution in [0.1, 0.15) is 40.9 Å². The normalized spacial score (nSPS) is 13.4. The van der Waals surface area contributed by atoms with Crippen molar-refractivity contribution in [1.29, 1.82) is 0 Å². The number of carbonyl (C=O) groups is 1. The molecule has 0 saturated heterocycles. The van der Waals surface area contributed by atoms with Gasteiger partial charge in [0.2, 0.25) is 5.91 Å². The second-order valence-corrected chi connectivity index (χ2v) is 7.76. The van der Waals surface area contributed by atoms with Crippen molar-refractivity contribution in [3.05, 3.63) is 100 Å². The minimum absolute atomic E-state index is 0.195. The van der Waals surface area contributed by atoms with Gasteiger partial charge in [0.15, 0.2) is 0 Å². The molecule has 2 N–H and O–H groups in total. The summed E-state index contributed by atoms with van der Waals surface area (Å²) in [6, 6.07) is 18.1. The number of rotatable bonds is 8. The Hall–Kier alpha value is -2.90. The van der Waals surface area contributed by atoms with Gasteiger partial charge in [-0.2, -0.15) is 13.2 Å². The first-order valence-electron chi connectivity index (χ1n) is 10.1. The van der Waals surface area contributed by atoms with Gasteiger partial charge in [0.1, 0.15) is 11.7 Å². The number of benzene rings is 2. The molecule has 3 rings (SSSR count). The summed E-state index contributed by atoms with van der Waals surface area (Å²) in [5.74, 6) is -0.195. The first kappa shape index (κ1) is 23.8. The largest absolute Gasteiger partial charge is 0.433 e. The fourth-order valence-corrected chi connectivity index (χ4v) is 3.63. The summed E-state index contributed by atoms with van der Waals surface area (Å²) < 4.78 is 38.4. The number of aromatic nitrogens is 1. The minimum atomic E-state index is -4.47. The molecule has 0 radical (unpaired) electrons. The summed E-state index contributed by atoms with van der Waals surface area (Å²) in [7, 11) is 1.57. The van der Waals surface area contributed by atoms with E-state index >= 15 is 0 Å². The lowest BCUT2D eigenvalue weighted by molar-refractivity contribution is -0.141. The molecule has 0 aliphatic rings. The number of nitrogens with one attached hydrogen (secondary N) is 2. The summed E-state index contributed by atoms with van der Waals surface area (Å²) in [5.41, 5.74) is 1.43. The van der Waals surface area contributed by atoms with Crippen LogP contribution in [0, 0.1) is 0 Å². The highest BCUT2D eigenvalue weighted by Gasteiger charge is 2.32. The van der Waals surface area contributed by atoms with E-state index in [1.165, 1.54) is 12.3 Å². The highest BCUT2D eigenvalue weighted by molar-refractivity contribution is 6.30. The predicted octanol–water partition coefficient (Wildman–Crippen LogP) is 5.50. The van der Waals surface area contributed by atoms with Crippen molar-refractivity contribution in [1.82, 2.24) is 15.6 Å². The average Bonchev–Trinajstić information content (AvgIpc) is 2.79. The van der Waals surface area contributed by atoms with Crippen LogP contribution in [-0.2, 0) is 17.4 Å². The quantitative estimate of drug-likeness (QED) is 0.465. The molecule has 0 bridgehead atoms. The zero-order valence-electron chi connectivity index (χ0n) is 17.4. The Kier molecular flexibility index (Phi) is 7.88. The Bertz CT molecular complexity index is 1030. The van der Waals surface area contributed by atoms with Crippen molar-refractivity contribution in [2.45, 2.75) is 31.1 Å². The third-order valence-corrected chi connectivity index (χ3v) is 5.33. The molecule has 3 aromatic rings. The molecule has 0 saturated carbocycles. The molecule has 0 aliphatic carbocycles. The number of amides is 1. The van der Waals surface area contributed by atoms with Crippen LogP contribution in [0.4, 0.5) is 13.2 Å². The summed E-state index contributed by atoms with van der Waals surface area (Å²) >= 11 is 6.19. The number of alkyl halides is 3. The van der Waals surface area contributed by atoms with E-state index in [1.807, 2.05) is 48.5 Å². The number of aryl methyl sites for hydroxylation is 1. The predicted molar refractivity (Wildman–Crippen MR) is 118 cm³/mol. The number of nitrogens with zero attached hydrogens (tertiary/aromatic N) is 1. The third kappa shape index (κ3) is 6.31. The molecule has 4 nitrogen and oxygen atoms in total. The summed E-state index contributed by atoms with van der Waals surface area (Å²) in [5, 5.41) is 6.64. The van der Waals surface area contributed by atoms with E-state index in [0.29, 0.717) is 23.4 Å². The Morgan fingerprint density at radius 3 is 2.34 bits per heavy atom. The molecule has 8 heteroatoms. The van der Waals surface area contributed by atoms with E-state index in [9.17, 15) is 18.0 Å². The number of hydrogen-bond acceptors (Lipinski definition) is 3. The van der Waals surface area contributed by atoms with Crippen LogP contribution < -0.4 is 10.6 Å². The SMILES string of the molecule is CNC(=O)[C@@H](N[C@H](CCc1ccc(C(F)(F)F)nc1)c1cccc(Cl)c1)c1ccccc1. The molecule has 168 valence electrons. The maximum Gasteiger partial charge on any atom is 0.433 e. The lowest BCUT2D eigenvalue weighted by atomic mass is 9.96. The Balaban J connectivity index is 1.84. The van der Waals surface area contributed by atoms with Gasteiger partial charge in [0.25, 0.3) is 0 Å². The lowest BCUT2D eigenvalue weighted by Gasteiger charge is -2.26. The summed E-state index contributed by atoms with van der Waals surface area (Å²) in [6.45, 7) is 0. The molecule has 1 heterocycles. The van der Waals surface area contributed by atoms with Crippen LogP contribution in [0.3, 0.4) is 0 Å². The monoisotopic (exact) mass is 461 g/mol. The van der Waals surface area contributed by atoms with Gasteiger partial charge in [-0.3, -0.25) is 15.1 Å². The minimum Gasteiger partial charge on any atom is -0.358 e. The summed E-state index contributed by atoms with van der Waals surface area (Å²) in [4.78, 5) is 16.2. The van der Waals surface area contributed by atoms with E-state index in [4.69, 9.17) is 11.6 Å². The van der Waals surface area contributed by atoms with Crippen molar-refractivity contribution in [3.8, 4) is 0 Å². The second kappa shape index (κ2) is 10.6. The van der Waals surface area contributed by atoms with Crippen LogP contribution in [0.15, 0.2) is 72.9 Å². The highest BCUT2D eigenvalue weighted by Crippen LogP contribution is 2.29. The van der Waals surface area contributed by atoms with Gasteiger partial charge in [-0.1, -0.05) is 60.1 Å². The van der Waals surface area contributed by atoms with Crippen molar-refractivity contribution in [2.75, 3.05) is 7.05 Å². The van der Waals surface area contributed by atoms with Crippen LogP contribution >= 0.6 is 11.6 Å². The first-order chi connectivity index (χ1) is 15.3. The molecule has 0 aliphatic heterocycles. The van der Waals surface area contributed by atoms with Crippen molar-refractivity contribution < 1.29 is 18.0 Å². The fraction of sp³-hybridized carbons (Fsp3) is 0.250. The molecule has 2 atom stereocenters. The molecule has 32 heavy (non-hydrogen) atoms. The number of halogens is 4. The van der Waals surface area contributed by atoms with Crippen LogP contribution in [0.25, 0.3) is 0 Å². The molecular formula is C24H23ClF3N3O. The Morgan fingerprint density at radius 2 is 1.75 bits per heavy atom. The van der Waals surface area contributed by atoms with Gasteiger partial charge in [0.05, 0.1) is 0 Å². The van der Waals surface area contributed by atoms with E-state index in [-0.39, 0.29) is 11.9 Å². The van der Waals surface area contributed by atoms with E-state index in [0.717, 1.165) is 17.2 Å². The lowest BCUT2D eigenvalue weighted by Crippen LogP contribution is -2.38. The van der Waals surface area contributed by atoms with Crippen molar-refractivity contribution in [2.24, 2.45) is 0 Å². The summed E-state index contributed by atoms with van der Waals surface area (Å²) in [6.07, 6.45) is -2.25. The number of carbonyl (C=O) groups excluding carboxylic acids is 1. The molecule has 0 spiro atoms. The maximum atomic E-state index is 12.8. The van der Waals surface area contributed by atoms with Crippen molar-refractivity contribution >= 4 is 17.5 Å². The van der Waals surface area contributed by atoms with E-state index < -0.39 is 17.9 Å². The molecular weight excluding hydrogens is 439 g/mol. The fourth-order valence-electron chi connectivity index (χ4n) is 3.43. The number of likely N-dealkylation sites (N-methyl/N-ethyl adjacent to an activating group) is 1. The third-order valence-electron chi connectivity index (χ3n) is 5.10. The maximum absolute atomic E-state index is 12.8. The molecule has 2 aromatic carbocycles. The smallest absolute Gasteiger partial charge is 0.358 e. The molecule has 1 amide bonds. The van der Waals surface area contributed by atoms with Gasteiger partial charge in [-0.15, -0.1) is 0 Å². The van der Waals surface area contributed by atoms with Crippen LogP contribution in [0.2, 0.25) is 5.02 Å². The number of pyridine rings is 1. The van der Waals surface area contributed by atoms with E-state index in [2.05, 4.69) is 15.6 Å². The van der Waals surface area contributed by atoms with Crippen molar-refractivity contribution in [3.63, 3.8) is 0 Å². The second-order valence-electron chi connectivity index (χ2n) is 7.32. The van der Waals surface area contributed by atoms with Crippen LogP contribution in [-0.4, -0.2) is 17.9 Å². The van der Waals surface area contributed by atoms with Gasteiger partial charge < -0.3 is 5.32 Å². The van der Waals surface area contributed by atoms with Gasteiger partial charge in [-0.05, 0) is 47.7 Å².